The van der Waals surface area contributed by atoms with E-state index >= 15 is 0 Å². The zero-order valence-corrected chi connectivity index (χ0v) is 14.1. The van der Waals surface area contributed by atoms with Crippen LogP contribution in [0.5, 0.6) is 0 Å². The number of carboxylic acids is 1. The normalized spacial score (nSPS) is 8.83. The molecule has 117 valence electrons. The minimum Gasteiger partial charge on any atom is -0.477 e. The van der Waals surface area contributed by atoms with Gasteiger partial charge in [0, 0.05) is 32.5 Å². The van der Waals surface area contributed by atoms with Crippen molar-refractivity contribution < 1.29 is 30.0 Å². The maximum absolute atomic E-state index is 10.1. The number of rotatable bonds is 2. The predicted octanol–water partition coefficient (Wildman–Crippen LogP) is 3.00. The van der Waals surface area contributed by atoms with Crippen LogP contribution in [-0.4, -0.2) is 25.8 Å². The summed E-state index contributed by atoms with van der Waals surface area (Å²) >= 11 is 0. The minimum absolute atomic E-state index is 0. The van der Waals surface area contributed by atoms with Crippen molar-refractivity contribution in [3.8, 4) is 5.69 Å². The summed E-state index contributed by atoms with van der Waals surface area (Å²) in [6.07, 6.45) is 4.66. The molecule has 0 aliphatic carbocycles. The Balaban J connectivity index is 0.000000235. The standard InChI is InChI=1S/C10H6N3.C6H5NO2.Ir/c1-11-9-7-12-13(8-9)10-5-3-2-4-6-10;8-6(9)5-3-1-2-4-7-5;/h2-5,7-8H;1-4H,(H,8,9);/q-1;;. The Labute approximate surface area is 146 Å². The molecule has 1 aromatic carbocycles. The molecule has 7 heteroatoms. The average molecular weight is 484 g/mol. The van der Waals surface area contributed by atoms with Gasteiger partial charge in [-0.15, -0.1) is 6.07 Å². The fourth-order valence-corrected chi connectivity index (χ4v) is 1.52. The van der Waals surface area contributed by atoms with Gasteiger partial charge in [0.05, 0.1) is 12.8 Å². The van der Waals surface area contributed by atoms with Gasteiger partial charge in [0.2, 0.25) is 5.69 Å². The van der Waals surface area contributed by atoms with Gasteiger partial charge in [0.1, 0.15) is 5.69 Å². The van der Waals surface area contributed by atoms with Crippen molar-refractivity contribution in [2.24, 2.45) is 0 Å². The summed E-state index contributed by atoms with van der Waals surface area (Å²) < 4.78 is 1.63. The molecule has 3 aromatic rings. The number of benzene rings is 1. The molecular formula is C16H11IrN4O2-. The van der Waals surface area contributed by atoms with Gasteiger partial charge in [-0.25, -0.2) is 14.6 Å². The number of carbonyl (C=O) groups is 1. The number of hydrogen-bond acceptors (Lipinski definition) is 3. The van der Waals surface area contributed by atoms with Crippen LogP contribution >= 0.6 is 0 Å². The molecule has 1 radical (unpaired) electrons. The van der Waals surface area contributed by atoms with E-state index in [0.717, 1.165) is 5.69 Å². The third-order valence-electron chi connectivity index (χ3n) is 2.52. The summed E-state index contributed by atoms with van der Waals surface area (Å²) in [4.78, 5) is 17.0. The predicted molar refractivity (Wildman–Crippen MR) is 79.9 cm³/mol. The van der Waals surface area contributed by atoms with Crippen molar-refractivity contribution in [2.75, 3.05) is 0 Å². The number of nitrogens with zero attached hydrogens (tertiary/aromatic N) is 4. The molecule has 0 atom stereocenters. The van der Waals surface area contributed by atoms with Gasteiger partial charge in [-0.2, -0.15) is 29.4 Å². The minimum atomic E-state index is -0.990. The number of pyridine rings is 1. The van der Waals surface area contributed by atoms with Gasteiger partial charge < -0.3 is 5.11 Å². The van der Waals surface area contributed by atoms with Crippen molar-refractivity contribution in [1.29, 1.82) is 0 Å². The van der Waals surface area contributed by atoms with Crippen LogP contribution in [-0.2, 0) is 20.1 Å². The van der Waals surface area contributed by atoms with Crippen LogP contribution in [0.3, 0.4) is 0 Å². The molecular weight excluding hydrogens is 472 g/mol. The van der Waals surface area contributed by atoms with Crippen molar-refractivity contribution in [3.05, 3.63) is 84.2 Å². The molecule has 3 rings (SSSR count). The van der Waals surface area contributed by atoms with Crippen LogP contribution < -0.4 is 0 Å². The summed E-state index contributed by atoms with van der Waals surface area (Å²) in [5.74, 6) is -0.990. The number of carboxylic acid groups (broad SMARTS) is 1. The van der Waals surface area contributed by atoms with Gasteiger partial charge in [0.25, 0.3) is 0 Å². The van der Waals surface area contributed by atoms with Gasteiger partial charge >= 0.3 is 5.97 Å². The molecule has 2 aromatic heterocycles. The van der Waals surface area contributed by atoms with E-state index in [1.54, 1.807) is 23.0 Å². The van der Waals surface area contributed by atoms with Crippen LogP contribution in [0.2, 0.25) is 0 Å². The van der Waals surface area contributed by atoms with Gasteiger partial charge in [-0.05, 0) is 17.8 Å². The van der Waals surface area contributed by atoms with Crippen LogP contribution in [0.1, 0.15) is 10.5 Å². The van der Waals surface area contributed by atoms with E-state index in [1.165, 1.54) is 18.5 Å². The van der Waals surface area contributed by atoms with Gasteiger partial charge in [-0.1, -0.05) is 6.07 Å². The summed E-state index contributed by atoms with van der Waals surface area (Å²) in [7, 11) is 0. The quantitative estimate of drug-likeness (QED) is 0.569. The molecule has 0 amide bonds. The molecule has 0 bridgehead atoms. The van der Waals surface area contributed by atoms with Gasteiger partial charge in [-0.3, -0.25) is 4.68 Å². The molecule has 0 fully saturated rings. The second-order valence-corrected chi connectivity index (χ2v) is 4.02. The molecule has 0 saturated heterocycles. The monoisotopic (exact) mass is 484 g/mol. The molecule has 0 saturated carbocycles. The molecule has 0 unspecified atom stereocenters. The molecule has 0 aliphatic rings. The van der Waals surface area contributed by atoms with E-state index in [0.29, 0.717) is 5.69 Å². The third-order valence-corrected chi connectivity index (χ3v) is 2.52. The number of hydrogen-bond donors (Lipinski definition) is 1. The Bertz CT molecular complexity index is 783. The third kappa shape index (κ3) is 5.47. The number of aromatic nitrogens is 3. The summed E-state index contributed by atoms with van der Waals surface area (Å²) in [5, 5.41) is 12.4. The summed E-state index contributed by atoms with van der Waals surface area (Å²) in [6.45, 7) is 6.78. The van der Waals surface area contributed by atoms with E-state index in [4.69, 9.17) is 11.7 Å². The maximum atomic E-state index is 10.1. The first kappa shape index (κ1) is 18.2. The van der Waals surface area contributed by atoms with E-state index in [2.05, 4.69) is 21.0 Å². The summed E-state index contributed by atoms with van der Waals surface area (Å²) in [5.41, 5.74) is 1.46. The second kappa shape index (κ2) is 9.26. The zero-order valence-electron chi connectivity index (χ0n) is 11.8. The Hall–Kier alpha value is -2.81. The smallest absolute Gasteiger partial charge is 0.354 e. The molecule has 23 heavy (non-hydrogen) atoms. The first-order valence-corrected chi connectivity index (χ1v) is 6.24. The average Bonchev–Trinajstić information content (AvgIpc) is 3.06. The van der Waals surface area contributed by atoms with Crippen molar-refractivity contribution in [2.45, 2.75) is 0 Å². The van der Waals surface area contributed by atoms with Crippen LogP contribution in [0.15, 0.2) is 61.1 Å². The zero-order chi connectivity index (χ0) is 15.8. The number of para-hydroxylation sites is 1. The Morgan fingerprint density at radius 3 is 2.52 bits per heavy atom. The first-order valence-electron chi connectivity index (χ1n) is 6.24. The van der Waals surface area contributed by atoms with E-state index in [1.807, 2.05) is 24.3 Å². The SMILES string of the molecule is O=C(O)c1ccccn1.[C-]#[N+]c1cnn(-c2[c-]cccc2)c1.[Ir]. The fourth-order valence-electron chi connectivity index (χ4n) is 1.52. The second-order valence-electron chi connectivity index (χ2n) is 4.02. The Morgan fingerprint density at radius 2 is 2.04 bits per heavy atom. The largest absolute Gasteiger partial charge is 0.477 e. The van der Waals surface area contributed by atoms with E-state index in [9.17, 15) is 4.79 Å². The van der Waals surface area contributed by atoms with Crippen LogP contribution in [0, 0.1) is 12.6 Å². The summed E-state index contributed by atoms with van der Waals surface area (Å²) in [6, 6.07) is 15.3. The van der Waals surface area contributed by atoms with E-state index in [-0.39, 0.29) is 25.8 Å². The molecule has 0 aliphatic heterocycles. The van der Waals surface area contributed by atoms with E-state index < -0.39 is 5.97 Å². The maximum Gasteiger partial charge on any atom is 0.354 e. The topological polar surface area (TPSA) is 72.4 Å². The van der Waals surface area contributed by atoms with Crippen molar-refractivity contribution in [3.63, 3.8) is 0 Å². The van der Waals surface area contributed by atoms with Crippen LogP contribution in [0.4, 0.5) is 5.69 Å². The molecule has 0 spiro atoms. The van der Waals surface area contributed by atoms with Crippen molar-refractivity contribution >= 4 is 11.7 Å². The van der Waals surface area contributed by atoms with Crippen LogP contribution in [0.25, 0.3) is 10.5 Å². The van der Waals surface area contributed by atoms with Crippen molar-refractivity contribution in [1.82, 2.24) is 14.8 Å². The number of aromatic carboxylic acids is 1. The first-order chi connectivity index (χ1) is 10.7. The molecule has 6 nitrogen and oxygen atoms in total. The molecule has 2 heterocycles. The fraction of sp³-hybridized carbons (Fsp3) is 0. The Kier molecular flexibility index (Phi) is 7.34. The van der Waals surface area contributed by atoms with Gasteiger partial charge in [0.15, 0.2) is 0 Å². The Morgan fingerprint density at radius 1 is 1.26 bits per heavy atom. The molecule has 1 N–H and O–H groups in total.